The summed E-state index contributed by atoms with van der Waals surface area (Å²) in [4.78, 5) is 44.7. The molecular weight excluding hydrogens is 484 g/mol. The molecule has 3 amide bonds. The lowest BCUT2D eigenvalue weighted by Gasteiger charge is -2.37. The number of nitrogens with one attached hydrogen (secondary N) is 1. The first-order chi connectivity index (χ1) is 18.1. The Kier molecular flexibility index (Phi) is 7.04. The number of hydrogen-bond acceptors (Lipinski definition) is 8. The van der Waals surface area contributed by atoms with Crippen molar-refractivity contribution in [3.8, 4) is 0 Å². The smallest absolute Gasteiger partial charge is 0.410 e. The zero-order chi connectivity index (χ0) is 27.0. The van der Waals surface area contributed by atoms with Crippen LogP contribution < -0.4 is 15.1 Å². The Hall–Kier alpha value is -3.60. The van der Waals surface area contributed by atoms with Gasteiger partial charge in [-0.25, -0.2) is 14.6 Å². The van der Waals surface area contributed by atoms with Crippen LogP contribution in [0.15, 0.2) is 30.5 Å². The van der Waals surface area contributed by atoms with Crippen LogP contribution >= 0.6 is 0 Å². The van der Waals surface area contributed by atoms with Crippen LogP contribution in [0.5, 0.6) is 0 Å². The molecule has 0 aliphatic carbocycles. The lowest BCUT2D eigenvalue weighted by molar-refractivity contribution is 0.0282. The van der Waals surface area contributed by atoms with Gasteiger partial charge in [-0.15, -0.1) is 0 Å². The van der Waals surface area contributed by atoms with Gasteiger partial charge in [0.15, 0.2) is 0 Å². The molecule has 0 radical (unpaired) electrons. The largest absolute Gasteiger partial charge is 0.444 e. The molecule has 1 atom stereocenters. The van der Waals surface area contributed by atoms with Gasteiger partial charge < -0.3 is 29.7 Å². The van der Waals surface area contributed by atoms with E-state index in [0.717, 1.165) is 37.4 Å². The Bertz CT molecular complexity index is 1170. The molecule has 5 rings (SSSR count). The first-order valence-corrected chi connectivity index (χ1v) is 13.3. The minimum absolute atomic E-state index is 0.0813. The number of benzene rings is 1. The van der Waals surface area contributed by atoms with Crippen molar-refractivity contribution >= 4 is 35.3 Å². The summed E-state index contributed by atoms with van der Waals surface area (Å²) in [7, 11) is 3.88. The quantitative estimate of drug-likeness (QED) is 0.653. The van der Waals surface area contributed by atoms with Crippen LogP contribution in [0.4, 0.5) is 32.7 Å². The number of likely N-dealkylation sites (tertiary alicyclic amines) is 1. The zero-order valence-corrected chi connectivity index (χ0v) is 23.0. The summed E-state index contributed by atoms with van der Waals surface area (Å²) in [6.07, 6.45) is 2.15. The number of fused-ring (bicyclic) bond motifs is 1. The number of piperazine rings is 1. The molecule has 11 heteroatoms. The maximum Gasteiger partial charge on any atom is 0.410 e. The molecule has 204 valence electrons. The third-order valence-electron chi connectivity index (χ3n) is 7.28. The number of hydrogen-bond donors (Lipinski definition) is 1. The maximum absolute atomic E-state index is 13.3. The fourth-order valence-corrected chi connectivity index (χ4v) is 5.12. The predicted molar refractivity (Wildman–Crippen MR) is 147 cm³/mol. The van der Waals surface area contributed by atoms with Crippen LogP contribution in [0.2, 0.25) is 0 Å². The number of urea groups is 1. The summed E-state index contributed by atoms with van der Waals surface area (Å²) in [6, 6.07) is 8.08. The molecule has 0 saturated carbocycles. The highest BCUT2D eigenvalue weighted by Crippen LogP contribution is 2.31. The van der Waals surface area contributed by atoms with Crippen molar-refractivity contribution in [2.75, 3.05) is 68.5 Å². The molecule has 1 N–H and O–H groups in total. The molecule has 3 aliphatic heterocycles. The predicted octanol–water partition coefficient (Wildman–Crippen LogP) is 3.35. The minimum atomic E-state index is -0.551. The molecule has 1 aromatic carbocycles. The lowest BCUT2D eigenvalue weighted by Crippen LogP contribution is -2.51. The van der Waals surface area contributed by atoms with E-state index in [1.54, 1.807) is 27.9 Å². The first-order valence-electron chi connectivity index (χ1n) is 13.3. The van der Waals surface area contributed by atoms with E-state index < -0.39 is 5.60 Å². The number of ether oxygens (including phenoxy) is 1. The van der Waals surface area contributed by atoms with Crippen molar-refractivity contribution in [2.24, 2.45) is 0 Å². The highest BCUT2D eigenvalue weighted by Gasteiger charge is 2.39. The topological polar surface area (TPSA) is 97.4 Å². The van der Waals surface area contributed by atoms with E-state index >= 15 is 0 Å². The average Bonchev–Trinajstić information content (AvgIpc) is 3.37. The standard InChI is InChI=1S/C27H38N8O3/c1-27(2,3)38-26(37)34-11-10-22(18-34)35-17-19-16-28-24(30-23(19)32(5)25(35)36)29-20-6-8-21(9-7-20)33-14-12-31(4)13-15-33/h6-9,16,22H,10-15,17-18H2,1-5H3,(H,28,29,30). The van der Waals surface area contributed by atoms with Crippen LogP contribution in [0, 0.1) is 0 Å². The molecule has 0 bridgehead atoms. The van der Waals surface area contributed by atoms with Gasteiger partial charge in [0.25, 0.3) is 0 Å². The number of likely N-dealkylation sites (N-methyl/N-ethyl adjacent to an activating group) is 1. The van der Waals surface area contributed by atoms with Crippen LogP contribution in [0.25, 0.3) is 0 Å². The Balaban J connectivity index is 1.23. The number of aromatic nitrogens is 2. The van der Waals surface area contributed by atoms with E-state index in [-0.39, 0.29) is 18.2 Å². The summed E-state index contributed by atoms with van der Waals surface area (Å²) < 4.78 is 5.51. The van der Waals surface area contributed by atoms with Crippen molar-refractivity contribution in [2.45, 2.75) is 45.4 Å². The lowest BCUT2D eigenvalue weighted by atomic mass is 10.1. The number of rotatable bonds is 4. The Morgan fingerprint density at radius 3 is 2.45 bits per heavy atom. The number of amides is 3. The van der Waals surface area contributed by atoms with Crippen molar-refractivity contribution in [3.63, 3.8) is 0 Å². The molecule has 1 aromatic heterocycles. The van der Waals surface area contributed by atoms with E-state index in [4.69, 9.17) is 4.74 Å². The summed E-state index contributed by atoms with van der Waals surface area (Å²) in [5.74, 6) is 1.04. The Morgan fingerprint density at radius 2 is 1.76 bits per heavy atom. The fraction of sp³-hybridized carbons (Fsp3) is 0.556. The molecule has 38 heavy (non-hydrogen) atoms. The van der Waals surface area contributed by atoms with Gasteiger partial charge in [-0.2, -0.15) is 4.98 Å². The van der Waals surface area contributed by atoms with Crippen LogP contribution in [0.3, 0.4) is 0 Å². The van der Waals surface area contributed by atoms with Crippen molar-refractivity contribution in [3.05, 3.63) is 36.0 Å². The summed E-state index contributed by atoms with van der Waals surface area (Å²) >= 11 is 0. The van der Waals surface area contributed by atoms with Crippen LogP contribution in [-0.2, 0) is 11.3 Å². The van der Waals surface area contributed by atoms with Gasteiger partial charge in [0.2, 0.25) is 5.95 Å². The fourth-order valence-electron chi connectivity index (χ4n) is 5.12. The number of carbonyl (C=O) groups excluding carboxylic acids is 2. The van der Waals surface area contributed by atoms with Crippen molar-refractivity contribution in [1.82, 2.24) is 24.7 Å². The third kappa shape index (κ3) is 5.62. The summed E-state index contributed by atoms with van der Waals surface area (Å²) in [6.45, 7) is 11.2. The molecule has 2 saturated heterocycles. The molecule has 1 unspecified atom stereocenters. The number of anilines is 4. The maximum atomic E-state index is 13.3. The molecule has 4 heterocycles. The Morgan fingerprint density at radius 1 is 1.05 bits per heavy atom. The van der Waals surface area contributed by atoms with E-state index in [0.29, 0.717) is 37.8 Å². The molecule has 2 aromatic rings. The second-order valence-electron chi connectivity index (χ2n) is 11.3. The third-order valence-corrected chi connectivity index (χ3v) is 7.28. The van der Waals surface area contributed by atoms with Crippen molar-refractivity contribution < 1.29 is 14.3 Å². The molecule has 0 spiro atoms. The molecule has 11 nitrogen and oxygen atoms in total. The van der Waals surface area contributed by atoms with Gasteiger partial charge in [0.1, 0.15) is 11.4 Å². The van der Waals surface area contributed by atoms with Crippen molar-refractivity contribution in [1.29, 1.82) is 0 Å². The van der Waals surface area contributed by atoms with E-state index in [1.807, 2.05) is 32.9 Å². The second kappa shape index (κ2) is 10.3. The van der Waals surface area contributed by atoms with Gasteiger partial charge in [-0.05, 0) is 58.5 Å². The summed E-state index contributed by atoms with van der Waals surface area (Å²) in [5.41, 5.74) is 2.42. The van der Waals surface area contributed by atoms with Crippen LogP contribution in [-0.4, -0.2) is 102 Å². The van der Waals surface area contributed by atoms with Gasteiger partial charge in [0, 0.05) is 69.5 Å². The van der Waals surface area contributed by atoms with Gasteiger partial charge in [-0.1, -0.05) is 0 Å². The Labute approximate surface area is 224 Å². The minimum Gasteiger partial charge on any atom is -0.444 e. The number of nitrogens with zero attached hydrogens (tertiary/aromatic N) is 7. The molecule has 3 aliphatic rings. The normalized spacial score (nSPS) is 20.6. The summed E-state index contributed by atoms with van der Waals surface area (Å²) in [5, 5.41) is 3.27. The SMILES string of the molecule is CN1CCN(c2ccc(Nc3ncc4c(n3)N(C)C(=O)N(C3CCN(C(=O)OC(C)(C)C)C3)C4)cc2)CC1. The second-order valence-corrected chi connectivity index (χ2v) is 11.3. The highest BCUT2D eigenvalue weighted by atomic mass is 16.6. The van der Waals surface area contributed by atoms with Gasteiger partial charge in [-0.3, -0.25) is 4.90 Å². The highest BCUT2D eigenvalue weighted by molar-refractivity contribution is 5.93. The molecule has 2 fully saturated rings. The van der Waals surface area contributed by atoms with E-state index in [1.165, 1.54) is 5.69 Å². The first kappa shape index (κ1) is 26.0. The zero-order valence-electron chi connectivity index (χ0n) is 23.0. The van der Waals surface area contributed by atoms with Gasteiger partial charge >= 0.3 is 12.1 Å². The molecular formula is C27H38N8O3. The monoisotopic (exact) mass is 522 g/mol. The van der Waals surface area contributed by atoms with E-state index in [9.17, 15) is 9.59 Å². The van der Waals surface area contributed by atoms with E-state index in [2.05, 4.69) is 44.3 Å². The van der Waals surface area contributed by atoms with Gasteiger partial charge in [0.05, 0.1) is 12.6 Å². The average molecular weight is 523 g/mol. The van der Waals surface area contributed by atoms with Crippen LogP contribution in [0.1, 0.15) is 32.8 Å². The number of carbonyl (C=O) groups is 2.